The van der Waals surface area contributed by atoms with E-state index < -0.39 is 0 Å². The molecule has 2 N–H and O–H groups in total. The van der Waals surface area contributed by atoms with Gasteiger partial charge in [-0.05, 0) is 71.3 Å². The van der Waals surface area contributed by atoms with Crippen LogP contribution in [-0.4, -0.2) is 18.1 Å². The fraction of sp³-hybridized carbons (Fsp3) is 0.346. The zero-order valence-corrected chi connectivity index (χ0v) is 20.9. The Morgan fingerprint density at radius 3 is 2.58 bits per heavy atom. The molecule has 0 saturated heterocycles. The molecule has 1 atom stereocenters. The Labute approximate surface area is 203 Å². The number of methoxy groups -OCH3 is 1. The molecule has 0 unspecified atom stereocenters. The molecular weight excluding hydrogens is 450 g/mol. The summed E-state index contributed by atoms with van der Waals surface area (Å²) in [7, 11) is 1.54. The normalized spacial score (nSPS) is 15.4. The minimum Gasteiger partial charge on any atom is -0.496 e. The minimum absolute atomic E-state index is 0.165. The molecule has 3 aromatic rings. The average Bonchev–Trinajstić information content (AvgIpc) is 3.13. The summed E-state index contributed by atoms with van der Waals surface area (Å²) in [5.41, 5.74) is 2.39. The van der Waals surface area contributed by atoms with E-state index in [0.29, 0.717) is 27.8 Å². The van der Waals surface area contributed by atoms with E-state index in [1.54, 1.807) is 17.4 Å². The topological polar surface area (TPSA) is 74.2 Å². The number of benzene rings is 2. The molecule has 0 fully saturated rings. The van der Waals surface area contributed by atoms with Crippen molar-refractivity contribution in [1.29, 1.82) is 5.26 Å². The number of fused-ring (bicyclic) bond motifs is 2. The van der Waals surface area contributed by atoms with Crippen molar-refractivity contribution in [1.82, 2.24) is 5.32 Å². The number of hydrogen-bond donors (Lipinski definition) is 2. The molecule has 33 heavy (non-hydrogen) atoms. The van der Waals surface area contributed by atoms with Crippen LogP contribution in [0.5, 0.6) is 5.75 Å². The summed E-state index contributed by atoms with van der Waals surface area (Å²) in [6.45, 7) is 6.81. The highest BCUT2D eigenvalue weighted by molar-refractivity contribution is 7.80. The molecule has 5 nitrogen and oxygen atoms in total. The number of nitrogens with one attached hydrogen (secondary N) is 2. The van der Waals surface area contributed by atoms with Crippen LogP contribution in [0.25, 0.3) is 10.8 Å². The maximum absolute atomic E-state index is 13.0. The summed E-state index contributed by atoms with van der Waals surface area (Å²) in [6, 6.07) is 13.8. The summed E-state index contributed by atoms with van der Waals surface area (Å²) in [5.74, 6) is 0.698. The lowest BCUT2D eigenvalue weighted by atomic mass is 9.72. The molecule has 1 amide bonds. The zero-order valence-electron chi connectivity index (χ0n) is 19.2. The van der Waals surface area contributed by atoms with E-state index in [4.69, 9.17) is 17.0 Å². The summed E-state index contributed by atoms with van der Waals surface area (Å²) >= 11 is 7.00. The van der Waals surface area contributed by atoms with Crippen LogP contribution in [0.15, 0.2) is 36.4 Å². The molecule has 1 aliphatic carbocycles. The molecule has 4 rings (SSSR count). The maximum atomic E-state index is 13.0. The van der Waals surface area contributed by atoms with Crippen LogP contribution < -0.4 is 15.4 Å². The molecule has 1 heterocycles. The van der Waals surface area contributed by atoms with Crippen molar-refractivity contribution in [2.75, 3.05) is 12.4 Å². The van der Waals surface area contributed by atoms with Gasteiger partial charge in [-0.3, -0.25) is 10.1 Å². The molecule has 2 aromatic carbocycles. The Hall–Kier alpha value is -2.95. The predicted molar refractivity (Wildman–Crippen MR) is 138 cm³/mol. The lowest BCUT2D eigenvalue weighted by Gasteiger charge is -2.33. The van der Waals surface area contributed by atoms with E-state index >= 15 is 0 Å². The molecule has 170 valence electrons. The van der Waals surface area contributed by atoms with E-state index in [0.717, 1.165) is 35.6 Å². The van der Waals surface area contributed by atoms with Gasteiger partial charge in [-0.25, -0.2) is 0 Å². The number of nitrogens with zero attached hydrogens (tertiary/aromatic N) is 1. The number of anilines is 1. The van der Waals surface area contributed by atoms with E-state index in [1.807, 2.05) is 30.3 Å². The molecular formula is C26H27N3O2S2. The van der Waals surface area contributed by atoms with Gasteiger partial charge in [0.1, 0.15) is 16.8 Å². The summed E-state index contributed by atoms with van der Waals surface area (Å²) in [6.07, 6.45) is 2.93. The van der Waals surface area contributed by atoms with Crippen LogP contribution in [0.3, 0.4) is 0 Å². The van der Waals surface area contributed by atoms with Gasteiger partial charge in [0.25, 0.3) is 5.91 Å². The molecule has 0 aliphatic heterocycles. The third-order valence-electron chi connectivity index (χ3n) is 6.37. The fourth-order valence-electron chi connectivity index (χ4n) is 4.40. The molecule has 0 radical (unpaired) electrons. The smallest absolute Gasteiger partial charge is 0.261 e. The summed E-state index contributed by atoms with van der Waals surface area (Å²) < 4.78 is 5.44. The van der Waals surface area contributed by atoms with Crippen molar-refractivity contribution in [3.05, 3.63) is 58.0 Å². The molecule has 0 saturated carbocycles. The maximum Gasteiger partial charge on any atom is 0.261 e. The van der Waals surface area contributed by atoms with Crippen LogP contribution in [0.2, 0.25) is 0 Å². The monoisotopic (exact) mass is 477 g/mol. The van der Waals surface area contributed by atoms with Crippen LogP contribution >= 0.6 is 23.6 Å². The van der Waals surface area contributed by atoms with Gasteiger partial charge in [0, 0.05) is 4.88 Å². The summed E-state index contributed by atoms with van der Waals surface area (Å²) in [5, 5.41) is 18.4. The fourth-order valence-corrected chi connectivity index (χ4v) is 5.94. The van der Waals surface area contributed by atoms with Gasteiger partial charge in [0.15, 0.2) is 5.11 Å². The second kappa shape index (κ2) is 9.12. The van der Waals surface area contributed by atoms with Gasteiger partial charge in [-0.2, -0.15) is 5.26 Å². The first-order valence-corrected chi connectivity index (χ1v) is 12.2. The highest BCUT2D eigenvalue weighted by Gasteiger charge is 2.32. The van der Waals surface area contributed by atoms with Crippen molar-refractivity contribution < 1.29 is 9.53 Å². The first-order chi connectivity index (χ1) is 15.7. The van der Waals surface area contributed by atoms with Crippen molar-refractivity contribution in [3.63, 3.8) is 0 Å². The van der Waals surface area contributed by atoms with Crippen LogP contribution in [0, 0.1) is 22.7 Å². The SMILES string of the molecule is COc1cc2ccccc2cc1C(=O)NC(=S)Nc1sc2c(c1C#N)CC[C@@H](C(C)(C)C)C2. The van der Waals surface area contributed by atoms with Crippen LogP contribution in [0.4, 0.5) is 5.00 Å². The second-order valence-electron chi connectivity index (χ2n) is 9.43. The number of rotatable bonds is 3. The van der Waals surface area contributed by atoms with E-state index in [-0.39, 0.29) is 16.4 Å². The molecule has 0 bridgehead atoms. The van der Waals surface area contributed by atoms with Gasteiger partial charge < -0.3 is 10.1 Å². The van der Waals surface area contributed by atoms with E-state index in [1.165, 1.54) is 12.0 Å². The third-order valence-corrected chi connectivity index (χ3v) is 7.74. The Balaban J connectivity index is 1.53. The van der Waals surface area contributed by atoms with Gasteiger partial charge in [0.2, 0.25) is 0 Å². The third kappa shape index (κ3) is 4.73. The number of carbonyl (C=O) groups is 1. The van der Waals surface area contributed by atoms with Gasteiger partial charge in [-0.15, -0.1) is 11.3 Å². The zero-order chi connectivity index (χ0) is 23.8. The van der Waals surface area contributed by atoms with Gasteiger partial charge >= 0.3 is 0 Å². The first kappa shape index (κ1) is 23.2. The molecule has 1 aliphatic rings. The number of thiophene rings is 1. The van der Waals surface area contributed by atoms with Crippen molar-refractivity contribution in [2.24, 2.45) is 11.3 Å². The average molecular weight is 478 g/mol. The van der Waals surface area contributed by atoms with Crippen LogP contribution in [-0.2, 0) is 12.8 Å². The molecule has 0 spiro atoms. The van der Waals surface area contributed by atoms with Crippen molar-refractivity contribution in [2.45, 2.75) is 40.0 Å². The van der Waals surface area contributed by atoms with Crippen LogP contribution in [0.1, 0.15) is 53.6 Å². The number of ether oxygens (including phenoxy) is 1. The molecule has 7 heteroatoms. The van der Waals surface area contributed by atoms with Crippen molar-refractivity contribution in [3.8, 4) is 11.8 Å². The first-order valence-electron chi connectivity index (χ1n) is 10.9. The number of amides is 1. The number of hydrogen-bond acceptors (Lipinski definition) is 5. The van der Waals surface area contributed by atoms with E-state index in [9.17, 15) is 10.1 Å². The van der Waals surface area contributed by atoms with Gasteiger partial charge in [-0.1, -0.05) is 45.0 Å². The lowest BCUT2D eigenvalue weighted by Crippen LogP contribution is -2.34. The number of carbonyl (C=O) groups excluding carboxylic acids is 1. The van der Waals surface area contributed by atoms with Gasteiger partial charge in [0.05, 0.1) is 18.2 Å². The largest absolute Gasteiger partial charge is 0.496 e. The Morgan fingerprint density at radius 2 is 1.94 bits per heavy atom. The van der Waals surface area contributed by atoms with Crippen molar-refractivity contribution >= 4 is 50.3 Å². The Morgan fingerprint density at radius 1 is 1.24 bits per heavy atom. The highest BCUT2D eigenvalue weighted by Crippen LogP contribution is 2.44. The number of nitriles is 1. The minimum atomic E-state index is -0.359. The molecule has 1 aromatic heterocycles. The number of thiocarbonyl (C=S) groups is 1. The Kier molecular flexibility index (Phi) is 6.42. The standard InChI is InChI=1S/C26H27N3O2S2/c1-26(2,3)17-9-10-18-20(14-27)24(33-22(18)13-17)29-25(32)28-23(30)19-11-15-7-5-6-8-16(15)12-21(19)31-4/h5-8,11-12,17H,9-10,13H2,1-4H3,(H2,28,29,30,32)/t17-/m1/s1. The summed E-state index contributed by atoms with van der Waals surface area (Å²) in [4.78, 5) is 14.2. The lowest BCUT2D eigenvalue weighted by molar-refractivity contribution is 0.0975. The highest BCUT2D eigenvalue weighted by atomic mass is 32.1. The Bertz CT molecular complexity index is 1280. The second-order valence-corrected chi connectivity index (χ2v) is 10.9. The predicted octanol–water partition coefficient (Wildman–Crippen LogP) is 6.06. The quantitative estimate of drug-likeness (QED) is 0.449. The van der Waals surface area contributed by atoms with E-state index in [2.05, 4.69) is 37.5 Å².